The van der Waals surface area contributed by atoms with Crippen molar-refractivity contribution in [2.75, 3.05) is 25.0 Å². The molecule has 0 aliphatic carbocycles. The van der Waals surface area contributed by atoms with Gasteiger partial charge in [0.05, 0.1) is 22.2 Å². The smallest absolute Gasteiger partial charge is 0.271 e. The number of nitrogens with one attached hydrogen (secondary N) is 1. The van der Waals surface area contributed by atoms with Gasteiger partial charge in [0.15, 0.2) is 0 Å². The summed E-state index contributed by atoms with van der Waals surface area (Å²) in [4.78, 5) is 21.5. The quantitative estimate of drug-likeness (QED) is 0.683. The Labute approximate surface area is 122 Å². The summed E-state index contributed by atoms with van der Waals surface area (Å²) >= 11 is 0. The molecule has 1 aliphatic rings. The van der Waals surface area contributed by atoms with Gasteiger partial charge in [-0.3, -0.25) is 15.1 Å². The van der Waals surface area contributed by atoms with Gasteiger partial charge >= 0.3 is 0 Å². The van der Waals surface area contributed by atoms with Crippen LogP contribution in [0.25, 0.3) is 11.0 Å². The highest BCUT2D eigenvalue weighted by atomic mass is 16.6. The van der Waals surface area contributed by atoms with E-state index in [2.05, 4.69) is 20.2 Å². The van der Waals surface area contributed by atoms with Crippen LogP contribution >= 0.6 is 0 Å². The summed E-state index contributed by atoms with van der Waals surface area (Å²) < 4.78 is 0. The summed E-state index contributed by atoms with van der Waals surface area (Å²) in [5.41, 5.74) is 1.28. The molecule has 7 heteroatoms. The van der Waals surface area contributed by atoms with Crippen molar-refractivity contribution < 1.29 is 4.92 Å². The average molecular weight is 287 g/mol. The molecule has 21 heavy (non-hydrogen) atoms. The number of nitro benzene ring substituents is 1. The second-order valence-electron chi connectivity index (χ2n) is 5.23. The average Bonchev–Trinajstić information content (AvgIpc) is 2.53. The van der Waals surface area contributed by atoms with Gasteiger partial charge in [-0.25, -0.2) is 4.98 Å². The molecule has 7 nitrogen and oxygen atoms in total. The number of hydrogen-bond acceptors (Lipinski definition) is 6. The minimum atomic E-state index is -0.419. The molecular weight excluding hydrogens is 270 g/mol. The maximum absolute atomic E-state index is 10.8. The summed E-state index contributed by atoms with van der Waals surface area (Å²) in [5, 5.41) is 14.1. The number of nitrogens with zero attached hydrogens (tertiary/aromatic N) is 4. The van der Waals surface area contributed by atoms with Crippen LogP contribution in [0.5, 0.6) is 0 Å². The van der Waals surface area contributed by atoms with Crippen molar-refractivity contribution in [3.05, 3.63) is 34.5 Å². The van der Waals surface area contributed by atoms with E-state index in [-0.39, 0.29) is 5.69 Å². The summed E-state index contributed by atoms with van der Waals surface area (Å²) in [6, 6.07) is 5.04. The number of hydrogen-bond donors (Lipinski definition) is 1. The molecular formula is C14H17N5O2. The number of benzene rings is 1. The van der Waals surface area contributed by atoms with Gasteiger partial charge in [-0.1, -0.05) is 0 Å². The fraction of sp³-hybridized carbons (Fsp3) is 0.429. The fourth-order valence-corrected chi connectivity index (χ4v) is 2.68. The number of fused-ring (bicyclic) bond motifs is 1. The predicted octanol–water partition coefficient (Wildman–Crippen LogP) is 1.73. The monoisotopic (exact) mass is 287 g/mol. The first kappa shape index (κ1) is 13.7. The molecule has 110 valence electrons. The van der Waals surface area contributed by atoms with E-state index < -0.39 is 4.92 Å². The maximum Gasteiger partial charge on any atom is 0.271 e. The van der Waals surface area contributed by atoms with E-state index in [1.54, 1.807) is 12.3 Å². The summed E-state index contributed by atoms with van der Waals surface area (Å²) in [6.07, 6.45) is 3.98. The summed E-state index contributed by atoms with van der Waals surface area (Å²) in [5.74, 6) is 0.830. The Morgan fingerprint density at radius 1 is 1.43 bits per heavy atom. The highest BCUT2D eigenvalue weighted by Gasteiger charge is 2.20. The standard InChI is InChI=1S/C14H17N5O2/c1-15-10-3-2-6-18(9-10)14-8-16-13-7-11(19(20)21)4-5-12(13)17-14/h4-5,7-8,10,15H,2-3,6,9H2,1H3/t10-/m1/s1. The molecule has 2 aromatic rings. The van der Waals surface area contributed by atoms with Crippen molar-refractivity contribution in [2.24, 2.45) is 0 Å². The van der Waals surface area contributed by atoms with Crippen LogP contribution < -0.4 is 10.2 Å². The normalized spacial score (nSPS) is 18.9. The molecule has 0 spiro atoms. The summed E-state index contributed by atoms with van der Waals surface area (Å²) in [7, 11) is 1.97. The zero-order valence-electron chi connectivity index (χ0n) is 11.8. The van der Waals surface area contributed by atoms with Crippen LogP contribution in [-0.4, -0.2) is 41.1 Å². The molecule has 0 amide bonds. The van der Waals surface area contributed by atoms with E-state index in [1.165, 1.54) is 18.6 Å². The van der Waals surface area contributed by atoms with Crippen molar-refractivity contribution in [3.63, 3.8) is 0 Å². The zero-order valence-corrected chi connectivity index (χ0v) is 11.8. The van der Waals surface area contributed by atoms with Crippen molar-refractivity contribution >= 4 is 22.5 Å². The molecule has 1 fully saturated rings. The fourth-order valence-electron chi connectivity index (χ4n) is 2.68. The van der Waals surface area contributed by atoms with Crippen LogP contribution in [0.3, 0.4) is 0 Å². The van der Waals surface area contributed by atoms with Crippen LogP contribution in [0.15, 0.2) is 24.4 Å². The molecule has 0 saturated carbocycles. The Bertz CT molecular complexity index is 675. The van der Waals surface area contributed by atoms with Gasteiger partial charge in [0.2, 0.25) is 0 Å². The highest BCUT2D eigenvalue weighted by Crippen LogP contribution is 2.22. The number of aromatic nitrogens is 2. The maximum atomic E-state index is 10.8. The van der Waals surface area contributed by atoms with Crippen LogP contribution in [-0.2, 0) is 0 Å². The molecule has 0 bridgehead atoms. The minimum Gasteiger partial charge on any atom is -0.354 e. The molecule has 1 aromatic carbocycles. The van der Waals surface area contributed by atoms with Crippen LogP contribution in [0.1, 0.15) is 12.8 Å². The molecule has 0 unspecified atom stereocenters. The third kappa shape index (κ3) is 2.78. The van der Waals surface area contributed by atoms with Gasteiger partial charge in [0, 0.05) is 31.3 Å². The predicted molar refractivity (Wildman–Crippen MR) is 80.5 cm³/mol. The number of anilines is 1. The largest absolute Gasteiger partial charge is 0.354 e. The molecule has 0 radical (unpaired) electrons. The van der Waals surface area contributed by atoms with Gasteiger partial charge < -0.3 is 10.2 Å². The topological polar surface area (TPSA) is 84.2 Å². The lowest BCUT2D eigenvalue weighted by Crippen LogP contribution is -2.44. The second kappa shape index (κ2) is 5.61. The third-order valence-corrected chi connectivity index (χ3v) is 3.88. The molecule has 2 heterocycles. The number of rotatable bonds is 3. The lowest BCUT2D eigenvalue weighted by molar-refractivity contribution is -0.384. The van der Waals surface area contributed by atoms with E-state index >= 15 is 0 Å². The summed E-state index contributed by atoms with van der Waals surface area (Å²) in [6.45, 7) is 1.87. The Kier molecular flexibility index (Phi) is 3.66. The van der Waals surface area contributed by atoms with E-state index in [0.717, 1.165) is 25.3 Å². The first-order valence-corrected chi connectivity index (χ1v) is 7.01. The second-order valence-corrected chi connectivity index (χ2v) is 5.23. The van der Waals surface area contributed by atoms with Crippen molar-refractivity contribution in [2.45, 2.75) is 18.9 Å². The number of non-ortho nitro benzene ring substituents is 1. The zero-order chi connectivity index (χ0) is 14.8. The third-order valence-electron chi connectivity index (χ3n) is 3.88. The van der Waals surface area contributed by atoms with Crippen molar-refractivity contribution in [1.29, 1.82) is 0 Å². The van der Waals surface area contributed by atoms with Crippen molar-refractivity contribution in [1.82, 2.24) is 15.3 Å². The van der Waals surface area contributed by atoms with Crippen LogP contribution in [0.2, 0.25) is 0 Å². The van der Waals surface area contributed by atoms with E-state index in [1.807, 2.05) is 7.05 Å². The lowest BCUT2D eigenvalue weighted by Gasteiger charge is -2.33. The van der Waals surface area contributed by atoms with Gasteiger partial charge in [-0.05, 0) is 26.0 Å². The Balaban J connectivity index is 1.90. The number of nitro groups is 1. The Morgan fingerprint density at radius 2 is 2.29 bits per heavy atom. The van der Waals surface area contributed by atoms with E-state index in [0.29, 0.717) is 17.1 Å². The van der Waals surface area contributed by atoms with Crippen molar-refractivity contribution in [3.8, 4) is 0 Å². The van der Waals surface area contributed by atoms with Gasteiger partial charge in [-0.15, -0.1) is 0 Å². The number of piperidine rings is 1. The molecule has 1 saturated heterocycles. The van der Waals surface area contributed by atoms with Gasteiger partial charge in [0.25, 0.3) is 5.69 Å². The first-order chi connectivity index (χ1) is 10.2. The molecule has 1 atom stereocenters. The SMILES string of the molecule is CN[C@@H]1CCCN(c2cnc3cc([N+](=O)[O-])ccc3n2)C1. The lowest BCUT2D eigenvalue weighted by atomic mass is 10.1. The molecule has 1 N–H and O–H groups in total. The molecule has 1 aliphatic heterocycles. The van der Waals surface area contributed by atoms with Crippen LogP contribution in [0, 0.1) is 10.1 Å². The molecule has 1 aromatic heterocycles. The minimum absolute atomic E-state index is 0.0396. The first-order valence-electron chi connectivity index (χ1n) is 7.01. The van der Waals surface area contributed by atoms with E-state index in [4.69, 9.17) is 0 Å². The Morgan fingerprint density at radius 3 is 3.05 bits per heavy atom. The Hall–Kier alpha value is -2.28. The molecule has 3 rings (SSSR count). The van der Waals surface area contributed by atoms with E-state index in [9.17, 15) is 10.1 Å². The van der Waals surface area contributed by atoms with Crippen LogP contribution in [0.4, 0.5) is 11.5 Å². The van der Waals surface area contributed by atoms with Gasteiger partial charge in [-0.2, -0.15) is 0 Å². The number of likely N-dealkylation sites (N-methyl/N-ethyl adjacent to an activating group) is 1. The van der Waals surface area contributed by atoms with Gasteiger partial charge in [0.1, 0.15) is 5.82 Å². The highest BCUT2D eigenvalue weighted by molar-refractivity contribution is 5.78.